The van der Waals surface area contributed by atoms with Crippen molar-refractivity contribution >= 4 is 60.5 Å². The van der Waals surface area contributed by atoms with Gasteiger partial charge in [0.1, 0.15) is 0 Å². The van der Waals surface area contributed by atoms with E-state index >= 15 is 0 Å². The number of piperazine rings is 1. The molecule has 0 saturated carbocycles. The molecule has 3 aromatic rings. The summed E-state index contributed by atoms with van der Waals surface area (Å²) in [6.45, 7) is 1.99. The fourth-order valence-corrected chi connectivity index (χ4v) is 6.57. The van der Waals surface area contributed by atoms with Crippen LogP contribution >= 0.6 is 23.2 Å². The normalized spacial score (nSPS) is 15.3. The van der Waals surface area contributed by atoms with Gasteiger partial charge in [0.05, 0.1) is 21.0 Å². The number of halogens is 2. The molecular formula is C24H24Cl2N4O5S2. The number of amides is 1. The van der Waals surface area contributed by atoms with Gasteiger partial charge in [0.25, 0.3) is 15.9 Å². The molecule has 0 aliphatic carbocycles. The number of carbonyl (C=O) groups excluding carboxylic acids is 1. The number of hydrogen-bond acceptors (Lipinski definition) is 6. The minimum Gasteiger partial charge on any atom is -0.322 e. The lowest BCUT2D eigenvalue weighted by atomic mass is 10.1. The van der Waals surface area contributed by atoms with E-state index in [9.17, 15) is 21.6 Å². The number of hydrogen-bond donors (Lipinski definition) is 2. The molecule has 1 heterocycles. The Bertz CT molecular complexity index is 1520. The second kappa shape index (κ2) is 11.0. The molecule has 2 N–H and O–H groups in total. The summed E-state index contributed by atoms with van der Waals surface area (Å²) >= 11 is 11.9. The molecule has 3 aromatic carbocycles. The van der Waals surface area contributed by atoms with E-state index in [0.717, 1.165) is 0 Å². The zero-order valence-electron chi connectivity index (χ0n) is 19.7. The van der Waals surface area contributed by atoms with E-state index in [1.807, 2.05) is 11.9 Å². The summed E-state index contributed by atoms with van der Waals surface area (Å²) in [5.41, 5.74) is 0.183. The van der Waals surface area contributed by atoms with E-state index in [1.54, 1.807) is 6.07 Å². The molecule has 1 fully saturated rings. The average molecular weight is 584 g/mol. The maximum Gasteiger partial charge on any atom is 0.261 e. The van der Waals surface area contributed by atoms with Crippen molar-refractivity contribution in [2.24, 2.45) is 0 Å². The van der Waals surface area contributed by atoms with Crippen molar-refractivity contribution in [1.82, 2.24) is 9.21 Å². The van der Waals surface area contributed by atoms with Gasteiger partial charge in [-0.2, -0.15) is 4.31 Å². The molecule has 0 aromatic heterocycles. The number of rotatable bonds is 7. The van der Waals surface area contributed by atoms with Crippen LogP contribution < -0.4 is 10.0 Å². The first-order valence-electron chi connectivity index (χ1n) is 11.1. The predicted octanol–water partition coefficient (Wildman–Crippen LogP) is 3.98. The minimum absolute atomic E-state index is 0.00179. The van der Waals surface area contributed by atoms with Crippen LogP contribution in [0.1, 0.15) is 10.4 Å². The third kappa shape index (κ3) is 6.43. The molecule has 196 valence electrons. The maximum absolute atomic E-state index is 13.2. The van der Waals surface area contributed by atoms with E-state index < -0.39 is 26.0 Å². The number of benzene rings is 3. The molecule has 1 aliphatic heterocycles. The number of sulfonamides is 2. The lowest BCUT2D eigenvalue weighted by Crippen LogP contribution is -2.47. The Morgan fingerprint density at radius 3 is 2.14 bits per heavy atom. The molecular weight excluding hydrogens is 559 g/mol. The Morgan fingerprint density at radius 1 is 0.811 bits per heavy atom. The van der Waals surface area contributed by atoms with Crippen LogP contribution in [0.4, 0.5) is 11.4 Å². The van der Waals surface area contributed by atoms with Gasteiger partial charge in [0.15, 0.2) is 0 Å². The van der Waals surface area contributed by atoms with Gasteiger partial charge in [-0.25, -0.2) is 16.8 Å². The Balaban J connectivity index is 1.58. The average Bonchev–Trinajstić information content (AvgIpc) is 2.85. The van der Waals surface area contributed by atoms with Crippen molar-refractivity contribution < 1.29 is 21.6 Å². The Morgan fingerprint density at radius 2 is 1.46 bits per heavy atom. The van der Waals surface area contributed by atoms with Crippen molar-refractivity contribution in [2.75, 3.05) is 43.3 Å². The second-order valence-electron chi connectivity index (χ2n) is 8.44. The summed E-state index contributed by atoms with van der Waals surface area (Å²) in [7, 11) is -5.85. The zero-order valence-corrected chi connectivity index (χ0v) is 22.8. The molecule has 1 amide bonds. The van der Waals surface area contributed by atoms with Gasteiger partial charge in [-0.1, -0.05) is 29.3 Å². The van der Waals surface area contributed by atoms with Gasteiger partial charge in [-0.05, 0) is 67.7 Å². The quantitative estimate of drug-likeness (QED) is 0.435. The molecule has 1 saturated heterocycles. The van der Waals surface area contributed by atoms with Crippen molar-refractivity contribution in [2.45, 2.75) is 9.79 Å². The predicted molar refractivity (Wildman–Crippen MR) is 144 cm³/mol. The molecule has 0 spiro atoms. The second-order valence-corrected chi connectivity index (χ2v) is 12.9. The number of nitrogens with one attached hydrogen (secondary N) is 2. The molecule has 13 heteroatoms. The SMILES string of the molecule is CN1CCN(S(=O)(=O)c2cccc(NC(=O)c3cc(Cl)ccc3NS(=O)(=O)c3ccc(Cl)cc3)c2)CC1. The summed E-state index contributed by atoms with van der Waals surface area (Å²) in [6, 6.07) is 15.6. The van der Waals surface area contributed by atoms with E-state index in [1.165, 1.54) is 65.0 Å². The maximum atomic E-state index is 13.2. The first-order chi connectivity index (χ1) is 17.5. The van der Waals surface area contributed by atoms with Crippen molar-refractivity contribution in [3.05, 3.63) is 82.3 Å². The molecule has 0 atom stereocenters. The zero-order chi connectivity index (χ0) is 26.8. The van der Waals surface area contributed by atoms with Crippen LogP contribution in [0.2, 0.25) is 10.0 Å². The van der Waals surface area contributed by atoms with Crippen LogP contribution in [-0.4, -0.2) is 65.2 Å². The fourth-order valence-electron chi connectivity index (χ4n) is 3.72. The highest BCUT2D eigenvalue weighted by Gasteiger charge is 2.28. The summed E-state index contributed by atoms with van der Waals surface area (Å²) in [6.07, 6.45) is 0. The van der Waals surface area contributed by atoms with E-state index in [2.05, 4.69) is 10.0 Å². The number of carbonyl (C=O) groups is 1. The number of anilines is 2. The number of nitrogens with zero attached hydrogens (tertiary/aromatic N) is 2. The van der Waals surface area contributed by atoms with Crippen LogP contribution in [-0.2, 0) is 20.0 Å². The van der Waals surface area contributed by atoms with Gasteiger partial charge in [0.2, 0.25) is 10.0 Å². The van der Waals surface area contributed by atoms with Crippen LogP contribution in [0, 0.1) is 0 Å². The molecule has 0 bridgehead atoms. The van der Waals surface area contributed by atoms with Crippen molar-refractivity contribution in [1.29, 1.82) is 0 Å². The van der Waals surface area contributed by atoms with Crippen molar-refractivity contribution in [3.8, 4) is 0 Å². The van der Waals surface area contributed by atoms with E-state index in [0.29, 0.717) is 31.2 Å². The monoisotopic (exact) mass is 582 g/mol. The molecule has 4 rings (SSSR count). The molecule has 37 heavy (non-hydrogen) atoms. The Kier molecular flexibility index (Phi) is 8.12. The van der Waals surface area contributed by atoms with Crippen LogP contribution in [0.15, 0.2) is 76.5 Å². The molecule has 9 nitrogen and oxygen atoms in total. The topological polar surface area (TPSA) is 116 Å². The first kappa shape index (κ1) is 27.4. The first-order valence-corrected chi connectivity index (χ1v) is 14.8. The highest BCUT2D eigenvalue weighted by Crippen LogP contribution is 2.26. The third-order valence-electron chi connectivity index (χ3n) is 5.79. The lowest BCUT2D eigenvalue weighted by Gasteiger charge is -2.31. The molecule has 0 radical (unpaired) electrons. The van der Waals surface area contributed by atoms with Gasteiger partial charge < -0.3 is 10.2 Å². The van der Waals surface area contributed by atoms with Crippen LogP contribution in [0.25, 0.3) is 0 Å². The minimum atomic E-state index is -4.03. The highest BCUT2D eigenvalue weighted by atomic mass is 35.5. The summed E-state index contributed by atoms with van der Waals surface area (Å²) in [5, 5.41) is 3.23. The summed E-state index contributed by atoms with van der Waals surface area (Å²) in [4.78, 5) is 15.2. The van der Waals surface area contributed by atoms with Crippen LogP contribution in [0.5, 0.6) is 0 Å². The van der Waals surface area contributed by atoms with Gasteiger partial charge in [0, 0.05) is 41.9 Å². The van der Waals surface area contributed by atoms with E-state index in [4.69, 9.17) is 23.2 Å². The van der Waals surface area contributed by atoms with E-state index in [-0.39, 0.29) is 31.8 Å². The van der Waals surface area contributed by atoms with Crippen molar-refractivity contribution in [3.63, 3.8) is 0 Å². The molecule has 0 unspecified atom stereocenters. The summed E-state index contributed by atoms with van der Waals surface area (Å²) in [5.74, 6) is -0.676. The van der Waals surface area contributed by atoms with Crippen LogP contribution in [0.3, 0.4) is 0 Å². The number of likely N-dealkylation sites (N-methyl/N-ethyl adjacent to an activating group) is 1. The summed E-state index contributed by atoms with van der Waals surface area (Å²) < 4.78 is 55.8. The Hall–Kier alpha value is -2.67. The van der Waals surface area contributed by atoms with Gasteiger partial charge in [-0.3, -0.25) is 9.52 Å². The van der Waals surface area contributed by atoms with Gasteiger partial charge in [-0.15, -0.1) is 0 Å². The standard InChI is InChI=1S/C24H24Cl2N4O5S2/c1-29-11-13-30(14-12-29)37(34,35)21-4-2-3-19(16-21)27-24(31)22-15-18(26)7-10-23(22)28-36(32,33)20-8-5-17(25)6-9-20/h2-10,15-16,28H,11-14H2,1H3,(H,27,31). The smallest absolute Gasteiger partial charge is 0.261 e. The third-order valence-corrected chi connectivity index (χ3v) is 9.55. The Labute approximate surface area is 226 Å². The highest BCUT2D eigenvalue weighted by molar-refractivity contribution is 7.92. The van der Waals surface area contributed by atoms with Gasteiger partial charge >= 0.3 is 0 Å². The lowest BCUT2D eigenvalue weighted by molar-refractivity contribution is 0.102. The largest absolute Gasteiger partial charge is 0.322 e. The molecule has 1 aliphatic rings. The fraction of sp³-hybridized carbons (Fsp3) is 0.208.